The van der Waals surface area contributed by atoms with Gasteiger partial charge in [-0.1, -0.05) is 61.4 Å². The maximum Gasteiger partial charge on any atom is 0.326 e. The van der Waals surface area contributed by atoms with Crippen LogP contribution in [0.25, 0.3) is 28.3 Å². The lowest BCUT2D eigenvalue weighted by Gasteiger charge is -2.14. The molecule has 0 aliphatic heterocycles. The van der Waals surface area contributed by atoms with E-state index in [1.54, 1.807) is 4.57 Å². The summed E-state index contributed by atoms with van der Waals surface area (Å²) in [5.74, 6) is 0.663. The quantitative estimate of drug-likeness (QED) is 0.321. The predicted octanol–water partition coefficient (Wildman–Crippen LogP) is 5.20. The maximum atomic E-state index is 12.4. The van der Waals surface area contributed by atoms with Gasteiger partial charge in [0.15, 0.2) is 5.82 Å². The van der Waals surface area contributed by atoms with Crippen molar-refractivity contribution in [2.75, 3.05) is 0 Å². The normalized spacial score (nSPS) is 11.2. The fourth-order valence-corrected chi connectivity index (χ4v) is 4.94. The second-order valence-corrected chi connectivity index (χ2v) is 9.53. The largest absolute Gasteiger partial charge is 0.326 e. The molecule has 0 aliphatic carbocycles. The summed E-state index contributed by atoms with van der Waals surface area (Å²) in [5.41, 5.74) is 8.98. The average molecular weight is 494 g/mol. The van der Waals surface area contributed by atoms with E-state index in [1.807, 2.05) is 53.5 Å². The summed E-state index contributed by atoms with van der Waals surface area (Å²) in [6, 6.07) is 16.3. The standard InChI is InChI=1S/C29H31N7O/c1-5-6-9-23-17-31-29(37)35(23)18-22-12-13-26(30-16-22)24-10-7-8-11-25(24)28-32-33-34-36(28)27-20(3)14-19(2)15-21(27)4/h7-8,10-17H,5-6,9,18H2,1-4H3,(H,31,37). The number of hydrogen-bond acceptors (Lipinski definition) is 5. The minimum absolute atomic E-state index is 0.0888. The highest BCUT2D eigenvalue weighted by molar-refractivity contribution is 5.79. The van der Waals surface area contributed by atoms with E-state index < -0.39 is 0 Å². The number of hydrogen-bond donors (Lipinski definition) is 1. The summed E-state index contributed by atoms with van der Waals surface area (Å²) >= 11 is 0. The van der Waals surface area contributed by atoms with Crippen LogP contribution in [0.4, 0.5) is 0 Å². The lowest BCUT2D eigenvalue weighted by Crippen LogP contribution is -2.19. The molecule has 37 heavy (non-hydrogen) atoms. The van der Waals surface area contributed by atoms with Crippen LogP contribution in [0.3, 0.4) is 0 Å². The third-order valence-electron chi connectivity index (χ3n) is 6.67. The molecule has 8 nitrogen and oxygen atoms in total. The number of benzene rings is 2. The zero-order chi connectivity index (χ0) is 25.9. The summed E-state index contributed by atoms with van der Waals surface area (Å²) in [4.78, 5) is 19.9. The third-order valence-corrected chi connectivity index (χ3v) is 6.67. The molecule has 2 aromatic carbocycles. The van der Waals surface area contributed by atoms with Crippen LogP contribution < -0.4 is 5.69 Å². The predicted molar refractivity (Wildman–Crippen MR) is 145 cm³/mol. The molecule has 0 aliphatic rings. The first kappa shape index (κ1) is 24.4. The van der Waals surface area contributed by atoms with Crippen molar-refractivity contribution in [1.82, 2.24) is 34.7 Å². The highest BCUT2D eigenvalue weighted by Crippen LogP contribution is 2.32. The van der Waals surface area contributed by atoms with Gasteiger partial charge in [-0.2, -0.15) is 4.68 Å². The molecule has 0 atom stereocenters. The summed E-state index contributed by atoms with van der Waals surface area (Å²) in [5, 5.41) is 12.8. The van der Waals surface area contributed by atoms with E-state index in [0.29, 0.717) is 12.4 Å². The van der Waals surface area contributed by atoms with Gasteiger partial charge in [-0.05, 0) is 66.8 Å². The first-order chi connectivity index (χ1) is 18.0. The number of unbranched alkanes of at least 4 members (excludes halogenated alkanes) is 1. The average Bonchev–Trinajstić information content (AvgIpc) is 3.50. The van der Waals surface area contributed by atoms with Crippen molar-refractivity contribution in [3.05, 3.63) is 99.4 Å². The summed E-state index contributed by atoms with van der Waals surface area (Å²) in [7, 11) is 0. The molecule has 0 spiro atoms. The Labute approximate surface area is 216 Å². The molecule has 188 valence electrons. The molecule has 5 aromatic rings. The first-order valence-corrected chi connectivity index (χ1v) is 12.6. The third kappa shape index (κ3) is 4.87. The Kier molecular flexibility index (Phi) is 6.81. The topological polar surface area (TPSA) is 94.3 Å². The Balaban J connectivity index is 1.49. The molecule has 0 bridgehead atoms. The van der Waals surface area contributed by atoms with Gasteiger partial charge in [-0.3, -0.25) is 9.55 Å². The number of H-pyrrole nitrogens is 1. The van der Waals surface area contributed by atoms with E-state index in [1.165, 1.54) is 5.56 Å². The van der Waals surface area contributed by atoms with Crippen molar-refractivity contribution < 1.29 is 0 Å². The van der Waals surface area contributed by atoms with E-state index in [0.717, 1.165) is 64.2 Å². The van der Waals surface area contributed by atoms with E-state index in [9.17, 15) is 4.79 Å². The SMILES string of the molecule is CCCCc1c[nH]c(=O)n1Cc1ccc(-c2ccccc2-c2nnnn2-c2c(C)cc(C)cc2C)nc1. The number of rotatable bonds is 8. The van der Waals surface area contributed by atoms with E-state index >= 15 is 0 Å². The van der Waals surface area contributed by atoms with Gasteiger partial charge in [0.1, 0.15) is 0 Å². The molecule has 0 unspecified atom stereocenters. The number of aromatic amines is 1. The zero-order valence-corrected chi connectivity index (χ0v) is 21.7. The van der Waals surface area contributed by atoms with Crippen molar-refractivity contribution in [1.29, 1.82) is 0 Å². The molecule has 0 radical (unpaired) electrons. The van der Waals surface area contributed by atoms with Gasteiger partial charge in [0, 0.05) is 29.2 Å². The Morgan fingerprint density at radius 3 is 2.43 bits per heavy atom. The van der Waals surface area contributed by atoms with Crippen LogP contribution in [-0.2, 0) is 13.0 Å². The van der Waals surface area contributed by atoms with E-state index in [4.69, 9.17) is 4.98 Å². The van der Waals surface area contributed by atoms with Crippen LogP contribution in [0.2, 0.25) is 0 Å². The Morgan fingerprint density at radius 1 is 0.973 bits per heavy atom. The maximum absolute atomic E-state index is 12.4. The number of tetrazole rings is 1. The lowest BCUT2D eigenvalue weighted by molar-refractivity contribution is 0.677. The Bertz CT molecular complexity index is 1570. The minimum atomic E-state index is -0.0888. The number of nitrogens with zero attached hydrogens (tertiary/aromatic N) is 6. The fraction of sp³-hybridized carbons (Fsp3) is 0.276. The van der Waals surface area contributed by atoms with Crippen molar-refractivity contribution in [2.24, 2.45) is 0 Å². The zero-order valence-electron chi connectivity index (χ0n) is 21.7. The minimum Gasteiger partial charge on any atom is -0.312 e. The summed E-state index contributed by atoms with van der Waals surface area (Å²) in [6.45, 7) is 8.89. The molecular weight excluding hydrogens is 462 g/mol. The molecule has 3 heterocycles. The van der Waals surface area contributed by atoms with Crippen LogP contribution in [0.15, 0.2) is 65.7 Å². The lowest BCUT2D eigenvalue weighted by atomic mass is 10.0. The van der Waals surface area contributed by atoms with Crippen molar-refractivity contribution in [2.45, 2.75) is 53.5 Å². The number of aryl methyl sites for hydroxylation is 4. The van der Waals surface area contributed by atoms with E-state index in [2.05, 4.69) is 60.3 Å². The van der Waals surface area contributed by atoms with Crippen molar-refractivity contribution in [3.8, 4) is 28.3 Å². The van der Waals surface area contributed by atoms with Crippen LogP contribution in [0.1, 0.15) is 47.7 Å². The molecule has 3 aromatic heterocycles. The summed E-state index contributed by atoms with van der Waals surface area (Å²) < 4.78 is 3.61. The molecule has 8 heteroatoms. The number of nitrogens with one attached hydrogen (secondary N) is 1. The molecular formula is C29H31N7O. The molecule has 1 N–H and O–H groups in total. The second kappa shape index (κ2) is 10.3. The van der Waals surface area contributed by atoms with Gasteiger partial charge < -0.3 is 4.98 Å². The van der Waals surface area contributed by atoms with Gasteiger partial charge in [-0.15, -0.1) is 5.10 Å². The van der Waals surface area contributed by atoms with Gasteiger partial charge in [0.25, 0.3) is 0 Å². The number of aromatic nitrogens is 7. The molecule has 0 saturated heterocycles. The van der Waals surface area contributed by atoms with Crippen LogP contribution in [-0.4, -0.2) is 34.7 Å². The molecule has 0 amide bonds. The molecule has 5 rings (SSSR count). The van der Waals surface area contributed by atoms with Gasteiger partial charge >= 0.3 is 5.69 Å². The Hall–Kier alpha value is -4.33. The van der Waals surface area contributed by atoms with Crippen LogP contribution in [0.5, 0.6) is 0 Å². The smallest absolute Gasteiger partial charge is 0.312 e. The van der Waals surface area contributed by atoms with Gasteiger partial charge in [-0.25, -0.2) is 4.79 Å². The monoisotopic (exact) mass is 493 g/mol. The van der Waals surface area contributed by atoms with E-state index in [-0.39, 0.29) is 5.69 Å². The fourth-order valence-electron chi connectivity index (χ4n) is 4.94. The van der Waals surface area contributed by atoms with Crippen molar-refractivity contribution >= 4 is 0 Å². The van der Waals surface area contributed by atoms with Crippen LogP contribution >= 0.6 is 0 Å². The Morgan fingerprint density at radius 2 is 1.73 bits per heavy atom. The van der Waals surface area contributed by atoms with Crippen LogP contribution in [0, 0.1) is 20.8 Å². The van der Waals surface area contributed by atoms with Gasteiger partial charge in [0.2, 0.25) is 0 Å². The molecule has 0 saturated carbocycles. The number of pyridine rings is 1. The first-order valence-electron chi connectivity index (χ1n) is 12.6. The molecule has 0 fully saturated rings. The second-order valence-electron chi connectivity index (χ2n) is 9.53. The van der Waals surface area contributed by atoms with Crippen molar-refractivity contribution in [3.63, 3.8) is 0 Å². The van der Waals surface area contributed by atoms with Gasteiger partial charge in [0.05, 0.1) is 17.9 Å². The highest BCUT2D eigenvalue weighted by atomic mass is 16.1. The number of imidazole rings is 1. The highest BCUT2D eigenvalue weighted by Gasteiger charge is 2.19. The summed E-state index contributed by atoms with van der Waals surface area (Å²) in [6.07, 6.45) is 6.67.